The highest BCUT2D eigenvalue weighted by Crippen LogP contribution is 2.31. The van der Waals surface area contributed by atoms with Crippen molar-refractivity contribution in [3.8, 4) is 0 Å². The monoisotopic (exact) mass is 210 g/mol. The maximum atomic E-state index is 10.9. The fraction of sp³-hybridized carbons (Fsp3) is 0.500. The molecule has 0 aromatic carbocycles. The van der Waals surface area contributed by atoms with Crippen molar-refractivity contribution >= 4 is 11.7 Å². The van der Waals surface area contributed by atoms with Gasteiger partial charge in [0.15, 0.2) is 5.56 Å². The molecule has 2 N–H and O–H groups in total. The molecule has 0 spiro atoms. The zero-order chi connectivity index (χ0) is 11.0. The van der Waals surface area contributed by atoms with E-state index < -0.39 is 16.6 Å². The quantitative estimate of drug-likeness (QED) is 0.569. The van der Waals surface area contributed by atoms with Gasteiger partial charge >= 0.3 is 5.82 Å². The fourth-order valence-electron chi connectivity index (χ4n) is 1.38. The van der Waals surface area contributed by atoms with Crippen LogP contribution in [0.1, 0.15) is 23.2 Å². The fourth-order valence-corrected chi connectivity index (χ4v) is 1.38. The number of nitrogens with two attached hydrogens (primary N) is 1. The molecular weight excluding hydrogens is 200 g/mol. The van der Waals surface area contributed by atoms with Gasteiger partial charge < -0.3 is 15.8 Å². The van der Waals surface area contributed by atoms with E-state index in [1.165, 1.54) is 10.9 Å². The molecule has 1 saturated carbocycles. The van der Waals surface area contributed by atoms with Crippen molar-refractivity contribution in [1.82, 2.24) is 9.78 Å². The highest BCUT2D eigenvalue weighted by atomic mass is 16.6. The van der Waals surface area contributed by atoms with Gasteiger partial charge in [0, 0.05) is 0 Å². The summed E-state index contributed by atoms with van der Waals surface area (Å²) in [6.45, 7) is 0.619. The second-order valence-corrected chi connectivity index (χ2v) is 3.65. The standard InChI is InChI=1S/C8H10N4O3/c9-7(13)6-4-11(3-5-1-2-5)10-8(6)12(14)15/h4-5H,1-3H2,(H2,9,13). The zero-order valence-corrected chi connectivity index (χ0v) is 7.92. The normalized spacial score (nSPS) is 15.2. The number of nitro groups is 1. The minimum absolute atomic E-state index is 0.124. The van der Waals surface area contributed by atoms with E-state index in [9.17, 15) is 14.9 Å². The van der Waals surface area contributed by atoms with Crippen LogP contribution in [0.2, 0.25) is 0 Å². The lowest BCUT2D eigenvalue weighted by atomic mass is 10.3. The van der Waals surface area contributed by atoms with Gasteiger partial charge in [-0.15, -0.1) is 0 Å². The van der Waals surface area contributed by atoms with E-state index in [4.69, 9.17) is 5.73 Å². The highest BCUT2D eigenvalue weighted by Gasteiger charge is 2.28. The third kappa shape index (κ3) is 1.95. The Morgan fingerprint density at radius 1 is 1.73 bits per heavy atom. The van der Waals surface area contributed by atoms with Gasteiger partial charge in [-0.05, 0) is 23.7 Å². The van der Waals surface area contributed by atoms with Crippen molar-refractivity contribution in [1.29, 1.82) is 0 Å². The Bertz CT molecular complexity index is 390. The van der Waals surface area contributed by atoms with Crippen LogP contribution < -0.4 is 5.73 Å². The first kappa shape index (κ1) is 9.63. The Morgan fingerprint density at radius 3 is 2.80 bits per heavy atom. The van der Waals surface area contributed by atoms with Gasteiger partial charge in [0.1, 0.15) is 0 Å². The second-order valence-electron chi connectivity index (χ2n) is 3.65. The summed E-state index contributed by atoms with van der Waals surface area (Å²) in [5.74, 6) is -0.739. The molecule has 80 valence electrons. The van der Waals surface area contributed by atoms with Crippen LogP contribution in [0.4, 0.5) is 5.82 Å². The van der Waals surface area contributed by atoms with Crippen LogP contribution in [0.25, 0.3) is 0 Å². The first-order valence-electron chi connectivity index (χ1n) is 4.59. The number of hydrogen-bond acceptors (Lipinski definition) is 4. The molecule has 1 aliphatic carbocycles. The van der Waals surface area contributed by atoms with Gasteiger partial charge in [0.2, 0.25) is 0 Å². The number of nitrogens with zero attached hydrogens (tertiary/aromatic N) is 3. The molecule has 7 heteroatoms. The number of carbonyl (C=O) groups excluding carboxylic acids is 1. The molecule has 1 aromatic rings. The zero-order valence-electron chi connectivity index (χ0n) is 7.92. The van der Waals surface area contributed by atoms with Crippen molar-refractivity contribution in [3.63, 3.8) is 0 Å². The molecule has 0 bridgehead atoms. The van der Waals surface area contributed by atoms with Gasteiger partial charge in [-0.2, -0.15) is 4.68 Å². The molecule has 7 nitrogen and oxygen atoms in total. The van der Waals surface area contributed by atoms with Crippen LogP contribution >= 0.6 is 0 Å². The summed E-state index contributed by atoms with van der Waals surface area (Å²) >= 11 is 0. The molecule has 0 radical (unpaired) electrons. The number of primary amides is 1. The first-order valence-corrected chi connectivity index (χ1v) is 4.59. The van der Waals surface area contributed by atoms with Crippen LogP contribution in [0, 0.1) is 16.0 Å². The molecular formula is C8H10N4O3. The van der Waals surface area contributed by atoms with E-state index >= 15 is 0 Å². The van der Waals surface area contributed by atoms with Crippen LogP contribution in [-0.4, -0.2) is 20.6 Å². The average Bonchev–Trinajstić information content (AvgIpc) is 2.81. The molecule has 1 aromatic heterocycles. The number of amides is 1. The Labute approximate surface area is 85.0 Å². The lowest BCUT2D eigenvalue weighted by Gasteiger charge is -1.90. The molecule has 0 aliphatic heterocycles. The Balaban J connectivity index is 2.29. The average molecular weight is 210 g/mol. The number of aromatic nitrogens is 2. The number of rotatable bonds is 4. The summed E-state index contributed by atoms with van der Waals surface area (Å²) in [5, 5.41) is 14.3. The van der Waals surface area contributed by atoms with E-state index in [1.54, 1.807) is 0 Å². The van der Waals surface area contributed by atoms with Crippen molar-refractivity contribution in [2.24, 2.45) is 11.7 Å². The predicted molar refractivity (Wildman–Crippen MR) is 50.1 cm³/mol. The Hall–Kier alpha value is -1.92. The van der Waals surface area contributed by atoms with Crippen LogP contribution in [0.5, 0.6) is 0 Å². The first-order chi connectivity index (χ1) is 7.08. The van der Waals surface area contributed by atoms with E-state index in [0.717, 1.165) is 12.8 Å². The van der Waals surface area contributed by atoms with Crippen molar-refractivity contribution in [2.75, 3.05) is 0 Å². The molecule has 0 saturated heterocycles. The molecule has 0 atom stereocenters. The summed E-state index contributed by atoms with van der Waals surface area (Å²) in [7, 11) is 0. The molecule has 2 rings (SSSR count). The summed E-state index contributed by atoms with van der Waals surface area (Å²) in [4.78, 5) is 20.8. The van der Waals surface area contributed by atoms with Gasteiger partial charge in [-0.3, -0.25) is 4.79 Å². The van der Waals surface area contributed by atoms with Gasteiger partial charge in [0.05, 0.1) is 17.8 Å². The van der Waals surface area contributed by atoms with Gasteiger partial charge in [-0.1, -0.05) is 0 Å². The minimum atomic E-state index is -0.816. The summed E-state index contributed by atoms with van der Waals surface area (Å²) in [6.07, 6.45) is 3.57. The Kier molecular flexibility index (Phi) is 2.14. The summed E-state index contributed by atoms with van der Waals surface area (Å²) in [5.41, 5.74) is 4.89. The molecule has 1 aliphatic rings. The molecule has 15 heavy (non-hydrogen) atoms. The van der Waals surface area contributed by atoms with Crippen molar-refractivity contribution < 1.29 is 9.72 Å². The van der Waals surface area contributed by atoms with Crippen molar-refractivity contribution in [3.05, 3.63) is 21.9 Å². The van der Waals surface area contributed by atoms with Crippen LogP contribution in [0.3, 0.4) is 0 Å². The third-order valence-electron chi connectivity index (χ3n) is 2.32. The summed E-state index contributed by atoms with van der Waals surface area (Å²) in [6, 6.07) is 0. The topological polar surface area (TPSA) is 104 Å². The molecule has 1 amide bonds. The van der Waals surface area contributed by atoms with Gasteiger partial charge in [0.25, 0.3) is 5.91 Å². The third-order valence-corrected chi connectivity index (χ3v) is 2.32. The maximum absolute atomic E-state index is 10.9. The largest absolute Gasteiger partial charge is 0.402 e. The van der Waals surface area contributed by atoms with E-state index in [-0.39, 0.29) is 5.56 Å². The van der Waals surface area contributed by atoms with Crippen molar-refractivity contribution in [2.45, 2.75) is 19.4 Å². The van der Waals surface area contributed by atoms with Gasteiger partial charge in [-0.25, -0.2) is 0 Å². The lowest BCUT2D eigenvalue weighted by molar-refractivity contribution is -0.390. The molecule has 1 heterocycles. The van der Waals surface area contributed by atoms with E-state index in [2.05, 4.69) is 5.10 Å². The highest BCUT2D eigenvalue weighted by molar-refractivity contribution is 5.95. The lowest BCUT2D eigenvalue weighted by Crippen LogP contribution is -2.11. The maximum Gasteiger partial charge on any atom is 0.402 e. The molecule has 1 fully saturated rings. The number of carbonyl (C=O) groups is 1. The van der Waals surface area contributed by atoms with E-state index in [1.807, 2.05) is 0 Å². The molecule has 0 unspecified atom stereocenters. The SMILES string of the molecule is NC(=O)c1cn(CC2CC2)nc1[N+](=O)[O-]. The smallest absolute Gasteiger partial charge is 0.365 e. The predicted octanol–water partition coefficient (Wildman–Crippen LogP) is 0.300. The van der Waals surface area contributed by atoms with E-state index in [0.29, 0.717) is 12.5 Å². The van der Waals surface area contributed by atoms with Crippen LogP contribution in [-0.2, 0) is 6.54 Å². The number of hydrogen-bond donors (Lipinski definition) is 1. The summed E-state index contributed by atoms with van der Waals surface area (Å²) < 4.78 is 1.43. The minimum Gasteiger partial charge on any atom is -0.365 e. The second kappa shape index (κ2) is 3.34. The van der Waals surface area contributed by atoms with Crippen LogP contribution in [0.15, 0.2) is 6.20 Å². The Morgan fingerprint density at radius 2 is 2.40 bits per heavy atom.